The Hall–Kier alpha value is -3.59. The summed E-state index contributed by atoms with van der Waals surface area (Å²) in [5.41, 5.74) is 3.93. The molecule has 1 amide bonds. The Labute approximate surface area is 196 Å². The number of carbonyl (C=O) groups excluding carboxylic acids is 1. The van der Waals surface area contributed by atoms with Crippen LogP contribution in [-0.2, 0) is 0 Å². The molecule has 1 aromatic carbocycles. The lowest BCUT2D eigenvalue weighted by atomic mass is 9.94. The highest BCUT2D eigenvalue weighted by molar-refractivity contribution is 6.07. The number of H-pyrrole nitrogens is 1. The molecule has 9 heteroatoms. The average Bonchev–Trinajstić information content (AvgIpc) is 3.22. The number of nitrogens with one attached hydrogen (secondary N) is 3. The summed E-state index contributed by atoms with van der Waals surface area (Å²) in [5.74, 6) is 0.204. The standard InChI is InChI=1S/C25H26FN5O3/c1-33-24-17(26)3-2-4-18(24)29-23-20-21-14(11-28-25(20)32)13-31-9-6-15(7-10-31)34-19-12-27-8-5-16(19)22(23)30-21/h2-5,8,12,14-15,29-30H,6-7,9-11,13H2,1H3,(H,28,32)/t14-/m1/s1. The number of anilines is 2. The number of piperidine rings is 1. The third kappa shape index (κ3) is 3.47. The number of pyridine rings is 1. The van der Waals surface area contributed by atoms with Crippen LogP contribution in [0.25, 0.3) is 11.3 Å². The highest BCUT2D eigenvalue weighted by Crippen LogP contribution is 2.44. The van der Waals surface area contributed by atoms with Crippen LogP contribution < -0.4 is 20.1 Å². The maximum atomic E-state index is 14.5. The number of ether oxygens (including phenoxy) is 2. The lowest BCUT2D eigenvalue weighted by Gasteiger charge is -2.35. The second-order valence-electron chi connectivity index (χ2n) is 9.01. The Morgan fingerprint density at radius 2 is 2.12 bits per heavy atom. The third-order valence-corrected chi connectivity index (χ3v) is 6.96. The molecule has 0 aliphatic carbocycles. The largest absolute Gasteiger partial charge is 0.492 e. The molecule has 1 atom stereocenters. The number of fused-ring (bicyclic) bond motifs is 2. The molecule has 0 unspecified atom stereocenters. The fraction of sp³-hybridized carbons (Fsp3) is 0.360. The zero-order valence-electron chi connectivity index (χ0n) is 18.9. The summed E-state index contributed by atoms with van der Waals surface area (Å²) < 4.78 is 26.2. The fourth-order valence-corrected chi connectivity index (χ4v) is 5.28. The summed E-state index contributed by atoms with van der Waals surface area (Å²) in [6.45, 7) is 3.29. The molecule has 4 aliphatic rings. The molecule has 8 nitrogen and oxygen atoms in total. The van der Waals surface area contributed by atoms with E-state index >= 15 is 0 Å². The molecule has 34 heavy (non-hydrogen) atoms. The van der Waals surface area contributed by atoms with Crippen LogP contribution in [0.2, 0.25) is 0 Å². The van der Waals surface area contributed by atoms with Crippen LogP contribution in [0.5, 0.6) is 11.5 Å². The van der Waals surface area contributed by atoms with Crippen LogP contribution in [0.1, 0.15) is 34.8 Å². The van der Waals surface area contributed by atoms with Crippen molar-refractivity contribution in [2.75, 3.05) is 38.6 Å². The van der Waals surface area contributed by atoms with Gasteiger partial charge in [-0.25, -0.2) is 4.39 Å². The van der Waals surface area contributed by atoms with E-state index in [2.05, 4.69) is 25.5 Å². The summed E-state index contributed by atoms with van der Waals surface area (Å²) >= 11 is 0. The van der Waals surface area contributed by atoms with Crippen LogP contribution in [0.3, 0.4) is 0 Å². The van der Waals surface area contributed by atoms with Crippen LogP contribution >= 0.6 is 0 Å². The van der Waals surface area contributed by atoms with Gasteiger partial charge in [0.2, 0.25) is 0 Å². The number of methoxy groups -OCH3 is 1. The molecule has 3 aromatic rings. The molecular weight excluding hydrogens is 437 g/mol. The first-order valence-corrected chi connectivity index (χ1v) is 11.6. The SMILES string of the molecule is COc1c(F)cccc1Nc1c2[nH]c3c1C(=O)NC[C@@H]3CN1CCC(CC1)Oc1cnccc1-2. The van der Waals surface area contributed by atoms with Crippen LogP contribution in [0, 0.1) is 5.82 Å². The highest BCUT2D eigenvalue weighted by atomic mass is 19.1. The predicted octanol–water partition coefficient (Wildman–Crippen LogP) is 3.65. The van der Waals surface area contributed by atoms with E-state index in [-0.39, 0.29) is 23.7 Å². The molecule has 7 rings (SSSR count). The minimum atomic E-state index is -0.482. The molecule has 0 radical (unpaired) electrons. The molecule has 6 heterocycles. The monoisotopic (exact) mass is 463 g/mol. The Balaban J connectivity index is 1.57. The van der Waals surface area contributed by atoms with Crippen molar-refractivity contribution in [1.82, 2.24) is 20.2 Å². The molecule has 4 bridgehead atoms. The Kier molecular flexibility index (Phi) is 5.13. The zero-order chi connectivity index (χ0) is 23.2. The number of nitrogens with zero attached hydrogens (tertiary/aromatic N) is 2. The van der Waals surface area contributed by atoms with Crippen LogP contribution in [0.4, 0.5) is 15.8 Å². The Bertz CT molecular complexity index is 1250. The van der Waals surface area contributed by atoms with E-state index in [1.54, 1.807) is 24.5 Å². The van der Waals surface area contributed by atoms with Gasteiger partial charge in [0, 0.05) is 49.6 Å². The summed E-state index contributed by atoms with van der Waals surface area (Å²) in [4.78, 5) is 23.4. The smallest absolute Gasteiger partial charge is 0.255 e. The van der Waals surface area contributed by atoms with E-state index in [4.69, 9.17) is 9.47 Å². The number of hydrogen-bond donors (Lipinski definition) is 3. The van der Waals surface area contributed by atoms with Gasteiger partial charge < -0.3 is 30.0 Å². The maximum absolute atomic E-state index is 14.5. The van der Waals surface area contributed by atoms with Crippen LogP contribution in [-0.4, -0.2) is 60.2 Å². The second kappa shape index (κ2) is 8.32. The molecular formula is C25H26FN5O3. The van der Waals surface area contributed by atoms with Crippen molar-refractivity contribution in [3.63, 3.8) is 0 Å². The quantitative estimate of drug-likeness (QED) is 0.549. The number of aromatic nitrogens is 2. The molecule has 3 N–H and O–H groups in total. The average molecular weight is 464 g/mol. The van der Waals surface area contributed by atoms with E-state index < -0.39 is 5.82 Å². The van der Waals surface area contributed by atoms with Crippen molar-refractivity contribution in [3.8, 4) is 22.8 Å². The lowest BCUT2D eigenvalue weighted by molar-refractivity contribution is 0.0891. The zero-order valence-corrected chi connectivity index (χ0v) is 18.9. The van der Waals surface area contributed by atoms with E-state index in [1.807, 2.05) is 6.07 Å². The van der Waals surface area contributed by atoms with Gasteiger partial charge in [-0.15, -0.1) is 0 Å². The van der Waals surface area contributed by atoms with Gasteiger partial charge in [0.25, 0.3) is 5.91 Å². The highest BCUT2D eigenvalue weighted by Gasteiger charge is 2.36. The van der Waals surface area contributed by atoms with E-state index in [0.29, 0.717) is 34.9 Å². The van der Waals surface area contributed by atoms with Gasteiger partial charge in [0.15, 0.2) is 11.6 Å². The van der Waals surface area contributed by atoms with Gasteiger partial charge in [-0.3, -0.25) is 9.78 Å². The van der Waals surface area contributed by atoms with Crippen molar-refractivity contribution < 1.29 is 18.7 Å². The summed E-state index contributed by atoms with van der Waals surface area (Å²) in [7, 11) is 1.42. The van der Waals surface area contributed by atoms with Gasteiger partial charge in [-0.2, -0.15) is 0 Å². The van der Waals surface area contributed by atoms with Gasteiger partial charge in [-0.1, -0.05) is 6.07 Å². The van der Waals surface area contributed by atoms with E-state index in [1.165, 1.54) is 13.2 Å². The summed E-state index contributed by atoms with van der Waals surface area (Å²) in [6.07, 6.45) is 5.42. The number of hydrogen-bond acceptors (Lipinski definition) is 6. The Morgan fingerprint density at radius 3 is 2.94 bits per heavy atom. The fourth-order valence-electron chi connectivity index (χ4n) is 5.28. The van der Waals surface area contributed by atoms with Gasteiger partial charge >= 0.3 is 0 Å². The summed E-state index contributed by atoms with van der Waals surface area (Å²) in [6, 6.07) is 6.56. The van der Waals surface area contributed by atoms with Crippen LogP contribution in [0.15, 0.2) is 36.7 Å². The predicted molar refractivity (Wildman–Crippen MR) is 125 cm³/mol. The maximum Gasteiger partial charge on any atom is 0.255 e. The van der Waals surface area contributed by atoms with E-state index in [0.717, 1.165) is 43.7 Å². The number of rotatable bonds is 3. The third-order valence-electron chi connectivity index (χ3n) is 6.96. The minimum Gasteiger partial charge on any atom is -0.492 e. The van der Waals surface area contributed by atoms with E-state index in [9.17, 15) is 9.18 Å². The number of aromatic amines is 1. The number of carbonyl (C=O) groups is 1. The van der Waals surface area contributed by atoms with Gasteiger partial charge in [-0.05, 0) is 31.0 Å². The molecule has 2 aromatic heterocycles. The number of halogens is 1. The lowest BCUT2D eigenvalue weighted by Crippen LogP contribution is -2.44. The molecule has 1 fully saturated rings. The van der Waals surface area contributed by atoms with Gasteiger partial charge in [0.1, 0.15) is 11.9 Å². The first kappa shape index (κ1) is 21.0. The number of para-hydroxylation sites is 1. The summed E-state index contributed by atoms with van der Waals surface area (Å²) in [5, 5.41) is 6.37. The Morgan fingerprint density at radius 1 is 1.26 bits per heavy atom. The first-order valence-electron chi connectivity index (χ1n) is 11.6. The molecule has 4 aliphatic heterocycles. The number of amides is 1. The first-order chi connectivity index (χ1) is 16.6. The van der Waals surface area contributed by atoms with Crippen molar-refractivity contribution in [1.29, 1.82) is 0 Å². The minimum absolute atomic E-state index is 0.0874. The topological polar surface area (TPSA) is 91.5 Å². The normalized spacial score (nSPS) is 23.1. The molecule has 1 saturated heterocycles. The second-order valence-corrected chi connectivity index (χ2v) is 9.01. The molecule has 176 valence electrons. The van der Waals surface area contributed by atoms with Crippen molar-refractivity contribution in [2.45, 2.75) is 24.9 Å². The van der Waals surface area contributed by atoms with Crippen molar-refractivity contribution in [2.24, 2.45) is 0 Å². The number of benzene rings is 1. The molecule has 0 spiro atoms. The van der Waals surface area contributed by atoms with Crippen molar-refractivity contribution in [3.05, 3.63) is 53.7 Å². The van der Waals surface area contributed by atoms with Gasteiger partial charge in [0.05, 0.1) is 35.9 Å². The van der Waals surface area contributed by atoms with Crippen molar-refractivity contribution >= 4 is 17.3 Å². The molecule has 0 saturated carbocycles.